The van der Waals surface area contributed by atoms with Crippen molar-refractivity contribution in [3.63, 3.8) is 0 Å². The van der Waals surface area contributed by atoms with Crippen LogP contribution >= 0.6 is 0 Å². The zero-order chi connectivity index (χ0) is 14.4. The van der Waals surface area contributed by atoms with Gasteiger partial charge in [0.25, 0.3) is 5.91 Å². The van der Waals surface area contributed by atoms with Crippen LogP contribution in [0, 0.1) is 6.92 Å². The van der Waals surface area contributed by atoms with Crippen LogP contribution in [0.4, 0.5) is 0 Å². The van der Waals surface area contributed by atoms with Crippen molar-refractivity contribution in [3.05, 3.63) is 42.0 Å². The number of amides is 1. The van der Waals surface area contributed by atoms with Crippen LogP contribution in [-0.2, 0) is 4.79 Å². The summed E-state index contributed by atoms with van der Waals surface area (Å²) in [6, 6.07) is 4.15. The number of nitrogens with one attached hydrogen (secondary N) is 1. The topological polar surface area (TPSA) is 75.6 Å². The second kappa shape index (κ2) is 6.58. The predicted molar refractivity (Wildman–Crippen MR) is 71.4 cm³/mol. The zero-order valence-corrected chi connectivity index (χ0v) is 11.0. The van der Waals surface area contributed by atoms with Gasteiger partial charge < -0.3 is 15.2 Å². The fourth-order valence-electron chi connectivity index (χ4n) is 1.62. The van der Waals surface area contributed by atoms with E-state index in [4.69, 9.17) is 9.84 Å². The number of ether oxygens (including phenoxy) is 1. The molecule has 0 saturated heterocycles. The van der Waals surface area contributed by atoms with Crippen LogP contribution in [0.5, 0.6) is 5.75 Å². The van der Waals surface area contributed by atoms with Gasteiger partial charge in [0.05, 0.1) is 12.7 Å². The van der Waals surface area contributed by atoms with Gasteiger partial charge in [0, 0.05) is 0 Å². The SMILES string of the molecule is C=CCC(NC(=O)c1cc(C)ccc1OC)C(=O)O. The van der Waals surface area contributed by atoms with Gasteiger partial charge >= 0.3 is 5.97 Å². The quantitative estimate of drug-likeness (QED) is 0.767. The van der Waals surface area contributed by atoms with Gasteiger partial charge in [-0.15, -0.1) is 6.58 Å². The summed E-state index contributed by atoms with van der Waals surface area (Å²) in [5.74, 6) is -1.17. The first-order valence-electron chi connectivity index (χ1n) is 5.78. The van der Waals surface area contributed by atoms with Crippen LogP contribution in [0.25, 0.3) is 0 Å². The molecule has 0 bridgehead atoms. The molecule has 0 aliphatic rings. The van der Waals surface area contributed by atoms with Crippen molar-refractivity contribution >= 4 is 11.9 Å². The maximum atomic E-state index is 12.1. The Morgan fingerprint density at radius 1 is 1.53 bits per heavy atom. The first-order chi connectivity index (χ1) is 8.99. The van der Waals surface area contributed by atoms with Crippen LogP contribution in [0.15, 0.2) is 30.9 Å². The molecule has 1 atom stereocenters. The summed E-state index contributed by atoms with van der Waals surface area (Å²) in [4.78, 5) is 23.1. The normalized spacial score (nSPS) is 11.5. The highest BCUT2D eigenvalue weighted by molar-refractivity contribution is 5.99. The van der Waals surface area contributed by atoms with Crippen LogP contribution in [0.2, 0.25) is 0 Å². The summed E-state index contributed by atoms with van der Waals surface area (Å²) in [6.45, 7) is 5.31. The Labute approximate surface area is 111 Å². The van der Waals surface area contributed by atoms with Gasteiger partial charge in [0.2, 0.25) is 0 Å². The number of carbonyl (C=O) groups excluding carboxylic acids is 1. The van der Waals surface area contributed by atoms with Gasteiger partial charge in [0.15, 0.2) is 0 Å². The van der Waals surface area contributed by atoms with Crippen molar-refractivity contribution in [2.24, 2.45) is 0 Å². The Morgan fingerprint density at radius 3 is 2.74 bits per heavy atom. The van der Waals surface area contributed by atoms with Crippen molar-refractivity contribution in [1.82, 2.24) is 5.32 Å². The average Bonchev–Trinajstić information content (AvgIpc) is 2.37. The highest BCUT2D eigenvalue weighted by atomic mass is 16.5. The molecule has 0 saturated carbocycles. The number of methoxy groups -OCH3 is 1. The van der Waals surface area contributed by atoms with Gasteiger partial charge in [0.1, 0.15) is 11.8 Å². The number of aryl methyl sites for hydroxylation is 1. The summed E-state index contributed by atoms with van der Waals surface area (Å²) in [7, 11) is 1.46. The molecule has 5 nitrogen and oxygen atoms in total. The summed E-state index contributed by atoms with van der Waals surface area (Å²) < 4.78 is 5.10. The van der Waals surface area contributed by atoms with Crippen molar-refractivity contribution in [2.75, 3.05) is 7.11 Å². The predicted octanol–water partition coefficient (Wildman–Crippen LogP) is 1.76. The van der Waals surface area contributed by atoms with Crippen LogP contribution in [0.3, 0.4) is 0 Å². The minimum Gasteiger partial charge on any atom is -0.496 e. The van der Waals surface area contributed by atoms with Crippen molar-refractivity contribution < 1.29 is 19.4 Å². The molecule has 102 valence electrons. The number of carboxylic acids is 1. The molecule has 5 heteroatoms. The molecule has 1 amide bonds. The second-order valence-corrected chi connectivity index (χ2v) is 4.09. The Kier molecular flexibility index (Phi) is 5.11. The first-order valence-corrected chi connectivity index (χ1v) is 5.78. The lowest BCUT2D eigenvalue weighted by molar-refractivity contribution is -0.139. The minimum atomic E-state index is -1.10. The number of hydrogen-bond donors (Lipinski definition) is 2. The van der Waals surface area contributed by atoms with E-state index in [0.717, 1.165) is 5.56 Å². The fourth-order valence-corrected chi connectivity index (χ4v) is 1.62. The zero-order valence-electron chi connectivity index (χ0n) is 11.0. The molecule has 1 unspecified atom stereocenters. The van der Waals surface area contributed by atoms with Crippen LogP contribution in [-0.4, -0.2) is 30.1 Å². The molecular weight excluding hydrogens is 246 g/mol. The van der Waals surface area contributed by atoms with Crippen molar-refractivity contribution in [1.29, 1.82) is 0 Å². The summed E-state index contributed by atoms with van der Waals surface area (Å²) in [5.41, 5.74) is 1.21. The Hall–Kier alpha value is -2.30. The lowest BCUT2D eigenvalue weighted by Gasteiger charge is -2.14. The van der Waals surface area contributed by atoms with E-state index < -0.39 is 17.9 Å². The molecule has 0 heterocycles. The van der Waals surface area contributed by atoms with Crippen molar-refractivity contribution in [3.8, 4) is 5.75 Å². The highest BCUT2D eigenvalue weighted by Gasteiger charge is 2.21. The Morgan fingerprint density at radius 2 is 2.21 bits per heavy atom. The fraction of sp³-hybridized carbons (Fsp3) is 0.286. The van der Waals surface area contributed by atoms with E-state index >= 15 is 0 Å². The standard InChI is InChI=1S/C14H17NO4/c1-4-5-11(14(17)18)15-13(16)10-8-9(2)6-7-12(10)19-3/h4,6-8,11H,1,5H2,2-3H3,(H,15,16)(H,17,18). The number of hydrogen-bond acceptors (Lipinski definition) is 3. The van der Waals surface area contributed by atoms with E-state index in [9.17, 15) is 9.59 Å². The smallest absolute Gasteiger partial charge is 0.326 e. The maximum Gasteiger partial charge on any atom is 0.326 e. The van der Waals surface area contributed by atoms with Gasteiger partial charge in [-0.1, -0.05) is 17.7 Å². The van der Waals surface area contributed by atoms with Crippen molar-refractivity contribution in [2.45, 2.75) is 19.4 Å². The number of rotatable bonds is 6. The second-order valence-electron chi connectivity index (χ2n) is 4.09. The maximum absolute atomic E-state index is 12.1. The summed E-state index contributed by atoms with van der Waals surface area (Å²) in [6.07, 6.45) is 1.61. The van der Waals surface area contributed by atoms with Crippen LogP contribution in [0.1, 0.15) is 22.3 Å². The van der Waals surface area contributed by atoms with Gasteiger partial charge in [-0.05, 0) is 25.5 Å². The lowest BCUT2D eigenvalue weighted by atomic mass is 10.1. The molecule has 0 radical (unpaired) electrons. The highest BCUT2D eigenvalue weighted by Crippen LogP contribution is 2.19. The third-order valence-corrected chi connectivity index (χ3v) is 2.61. The first kappa shape index (κ1) is 14.8. The summed E-state index contributed by atoms with van der Waals surface area (Å²) >= 11 is 0. The molecule has 2 N–H and O–H groups in total. The van der Waals surface area contributed by atoms with Gasteiger partial charge in [-0.25, -0.2) is 4.79 Å². The van der Waals surface area contributed by atoms with Gasteiger partial charge in [-0.3, -0.25) is 4.79 Å². The molecule has 1 aromatic carbocycles. The Balaban J connectivity index is 2.96. The molecule has 1 rings (SSSR count). The van der Waals surface area contributed by atoms with E-state index in [-0.39, 0.29) is 6.42 Å². The third kappa shape index (κ3) is 3.84. The van der Waals surface area contributed by atoms with E-state index in [2.05, 4.69) is 11.9 Å². The van der Waals surface area contributed by atoms with E-state index in [1.807, 2.05) is 13.0 Å². The van der Waals surface area contributed by atoms with Crippen LogP contribution < -0.4 is 10.1 Å². The number of carbonyl (C=O) groups is 2. The number of aliphatic carboxylic acids is 1. The minimum absolute atomic E-state index is 0.162. The third-order valence-electron chi connectivity index (χ3n) is 2.61. The van der Waals surface area contributed by atoms with Gasteiger partial charge in [-0.2, -0.15) is 0 Å². The molecule has 0 aliphatic heterocycles. The lowest BCUT2D eigenvalue weighted by Crippen LogP contribution is -2.40. The van der Waals surface area contributed by atoms with E-state index in [1.165, 1.54) is 13.2 Å². The summed E-state index contributed by atoms with van der Waals surface area (Å²) in [5, 5.41) is 11.4. The molecule has 0 aliphatic carbocycles. The molecule has 19 heavy (non-hydrogen) atoms. The number of carboxylic acid groups (broad SMARTS) is 1. The molecule has 0 spiro atoms. The monoisotopic (exact) mass is 263 g/mol. The average molecular weight is 263 g/mol. The number of benzene rings is 1. The Bertz CT molecular complexity index is 496. The molecule has 0 aromatic heterocycles. The molecular formula is C14H17NO4. The van der Waals surface area contributed by atoms with E-state index in [0.29, 0.717) is 11.3 Å². The molecule has 1 aromatic rings. The molecule has 0 fully saturated rings. The van der Waals surface area contributed by atoms with E-state index in [1.54, 1.807) is 12.1 Å². The largest absolute Gasteiger partial charge is 0.496 e.